The molecule has 2 amide bonds. The van der Waals surface area contributed by atoms with Crippen molar-refractivity contribution < 1.29 is 9.59 Å². The number of hydrogen-bond donors (Lipinski definition) is 1. The molecule has 25 heavy (non-hydrogen) atoms. The van der Waals surface area contributed by atoms with Gasteiger partial charge in [-0.05, 0) is 30.8 Å². The molecule has 2 aromatic carbocycles. The molecule has 5 heteroatoms. The van der Waals surface area contributed by atoms with E-state index in [1.807, 2.05) is 43.3 Å². The average Bonchev–Trinajstić information content (AvgIpc) is 3.06. The predicted molar refractivity (Wildman–Crippen MR) is 97.3 cm³/mol. The molecular formula is C20H23N3O2. The van der Waals surface area contributed by atoms with E-state index in [2.05, 4.69) is 22.3 Å². The number of likely N-dealkylation sites (N-methyl/N-ethyl adjacent to an activating group) is 1. The van der Waals surface area contributed by atoms with Crippen LogP contribution in [0, 0.1) is 0 Å². The van der Waals surface area contributed by atoms with Gasteiger partial charge in [0.2, 0.25) is 0 Å². The van der Waals surface area contributed by atoms with E-state index in [4.69, 9.17) is 0 Å². The van der Waals surface area contributed by atoms with Crippen LogP contribution in [0.2, 0.25) is 0 Å². The van der Waals surface area contributed by atoms with E-state index >= 15 is 0 Å². The normalized spacial score (nSPS) is 14.3. The van der Waals surface area contributed by atoms with Crippen LogP contribution in [-0.2, 0) is 13.1 Å². The van der Waals surface area contributed by atoms with Gasteiger partial charge in [-0.1, -0.05) is 48.5 Å². The lowest BCUT2D eigenvalue weighted by Gasteiger charge is -2.26. The van der Waals surface area contributed by atoms with Crippen LogP contribution in [0.5, 0.6) is 0 Å². The van der Waals surface area contributed by atoms with Gasteiger partial charge in [-0.15, -0.1) is 0 Å². The van der Waals surface area contributed by atoms with E-state index in [0.717, 1.165) is 11.8 Å². The van der Waals surface area contributed by atoms with Gasteiger partial charge in [-0.2, -0.15) is 0 Å². The monoisotopic (exact) mass is 337 g/mol. The first-order chi connectivity index (χ1) is 12.1. The van der Waals surface area contributed by atoms with E-state index in [9.17, 15) is 9.59 Å². The van der Waals surface area contributed by atoms with Crippen molar-refractivity contribution >= 4 is 12.3 Å². The fourth-order valence-electron chi connectivity index (χ4n) is 3.17. The Kier molecular flexibility index (Phi) is 5.14. The summed E-state index contributed by atoms with van der Waals surface area (Å²) in [6.45, 7) is 1.82. The van der Waals surface area contributed by atoms with Crippen LogP contribution in [-0.4, -0.2) is 42.8 Å². The SMILES string of the molecule is CN(C)C(CNC(=O)N1Cc2ccccc2C1)c1ccc(C=O)cc1. The van der Waals surface area contributed by atoms with Crippen LogP contribution in [0.1, 0.15) is 33.1 Å². The van der Waals surface area contributed by atoms with E-state index in [1.165, 1.54) is 11.1 Å². The van der Waals surface area contributed by atoms with Gasteiger partial charge < -0.3 is 15.1 Å². The average molecular weight is 337 g/mol. The summed E-state index contributed by atoms with van der Waals surface area (Å²) >= 11 is 0. The van der Waals surface area contributed by atoms with Gasteiger partial charge in [-0.25, -0.2) is 4.79 Å². The molecule has 1 unspecified atom stereocenters. The zero-order valence-electron chi connectivity index (χ0n) is 14.6. The summed E-state index contributed by atoms with van der Waals surface area (Å²) in [4.78, 5) is 27.2. The minimum atomic E-state index is -0.0486. The molecule has 1 heterocycles. The largest absolute Gasteiger partial charge is 0.336 e. The lowest BCUT2D eigenvalue weighted by molar-refractivity contribution is 0.112. The van der Waals surface area contributed by atoms with Gasteiger partial charge in [-0.3, -0.25) is 4.79 Å². The minimum absolute atomic E-state index is 0.0486. The Morgan fingerprint density at radius 1 is 1.12 bits per heavy atom. The number of fused-ring (bicyclic) bond motifs is 1. The van der Waals surface area contributed by atoms with Crippen LogP contribution >= 0.6 is 0 Å². The second kappa shape index (κ2) is 7.49. The van der Waals surface area contributed by atoms with Gasteiger partial charge >= 0.3 is 6.03 Å². The van der Waals surface area contributed by atoms with Crippen LogP contribution in [0.15, 0.2) is 48.5 Å². The summed E-state index contributed by atoms with van der Waals surface area (Å²) in [6, 6.07) is 15.6. The highest BCUT2D eigenvalue weighted by Crippen LogP contribution is 2.22. The van der Waals surface area contributed by atoms with E-state index in [1.54, 1.807) is 12.1 Å². The number of hydrogen-bond acceptors (Lipinski definition) is 3. The molecule has 5 nitrogen and oxygen atoms in total. The van der Waals surface area contributed by atoms with Crippen molar-refractivity contribution in [1.82, 2.24) is 15.1 Å². The molecule has 1 N–H and O–H groups in total. The minimum Gasteiger partial charge on any atom is -0.336 e. The summed E-state index contributed by atoms with van der Waals surface area (Å²) in [6.07, 6.45) is 0.835. The maximum Gasteiger partial charge on any atom is 0.318 e. The first kappa shape index (κ1) is 17.2. The van der Waals surface area contributed by atoms with Crippen molar-refractivity contribution in [3.63, 3.8) is 0 Å². The highest BCUT2D eigenvalue weighted by molar-refractivity contribution is 5.75. The Morgan fingerprint density at radius 3 is 2.24 bits per heavy atom. The summed E-state index contributed by atoms with van der Waals surface area (Å²) in [7, 11) is 3.96. The Hall–Kier alpha value is -2.66. The molecule has 130 valence electrons. The third kappa shape index (κ3) is 3.88. The molecule has 1 aliphatic heterocycles. The van der Waals surface area contributed by atoms with Crippen molar-refractivity contribution in [3.05, 3.63) is 70.8 Å². The summed E-state index contributed by atoms with van der Waals surface area (Å²) in [5, 5.41) is 3.04. The molecule has 1 atom stereocenters. The van der Waals surface area contributed by atoms with Crippen molar-refractivity contribution in [2.75, 3.05) is 20.6 Å². The Balaban J connectivity index is 1.62. The molecule has 0 aliphatic carbocycles. The van der Waals surface area contributed by atoms with Crippen LogP contribution < -0.4 is 5.32 Å². The highest BCUT2D eigenvalue weighted by atomic mass is 16.2. The van der Waals surface area contributed by atoms with Gasteiger partial charge in [0.05, 0.1) is 6.04 Å². The van der Waals surface area contributed by atoms with Crippen molar-refractivity contribution in [2.24, 2.45) is 0 Å². The third-order valence-electron chi connectivity index (χ3n) is 4.66. The molecule has 0 radical (unpaired) electrons. The lowest BCUT2D eigenvalue weighted by atomic mass is 10.0. The Labute approximate surface area is 148 Å². The Morgan fingerprint density at radius 2 is 1.72 bits per heavy atom. The molecular weight excluding hydrogens is 314 g/mol. The number of carbonyl (C=O) groups excluding carboxylic acids is 2. The zero-order valence-corrected chi connectivity index (χ0v) is 14.6. The van der Waals surface area contributed by atoms with E-state index < -0.39 is 0 Å². The van der Waals surface area contributed by atoms with Crippen molar-refractivity contribution in [1.29, 1.82) is 0 Å². The number of urea groups is 1. The molecule has 0 aromatic heterocycles. The first-order valence-corrected chi connectivity index (χ1v) is 8.39. The molecule has 0 fully saturated rings. The third-order valence-corrected chi connectivity index (χ3v) is 4.66. The maximum atomic E-state index is 12.5. The van der Waals surface area contributed by atoms with Gasteiger partial charge in [0, 0.05) is 25.2 Å². The zero-order chi connectivity index (χ0) is 17.8. The quantitative estimate of drug-likeness (QED) is 0.854. The fraction of sp³-hybridized carbons (Fsp3) is 0.300. The van der Waals surface area contributed by atoms with Crippen molar-refractivity contribution in [2.45, 2.75) is 19.1 Å². The van der Waals surface area contributed by atoms with Gasteiger partial charge in [0.15, 0.2) is 0 Å². The topological polar surface area (TPSA) is 52.7 Å². The highest BCUT2D eigenvalue weighted by Gasteiger charge is 2.24. The second-order valence-corrected chi connectivity index (χ2v) is 6.57. The van der Waals surface area contributed by atoms with Gasteiger partial charge in [0.1, 0.15) is 6.29 Å². The summed E-state index contributed by atoms with van der Waals surface area (Å²) in [5.41, 5.74) is 4.15. The number of aldehydes is 1. The molecule has 2 aromatic rings. The van der Waals surface area contributed by atoms with Crippen molar-refractivity contribution in [3.8, 4) is 0 Å². The smallest absolute Gasteiger partial charge is 0.318 e. The number of benzene rings is 2. The van der Waals surface area contributed by atoms with Crippen LogP contribution in [0.3, 0.4) is 0 Å². The number of amides is 2. The molecule has 3 rings (SSSR count). The Bertz CT molecular complexity index is 731. The number of carbonyl (C=O) groups is 2. The van der Waals surface area contributed by atoms with Crippen LogP contribution in [0.25, 0.3) is 0 Å². The second-order valence-electron chi connectivity index (χ2n) is 6.57. The first-order valence-electron chi connectivity index (χ1n) is 8.39. The number of nitrogens with zero attached hydrogens (tertiary/aromatic N) is 2. The molecule has 0 bridgehead atoms. The molecule has 1 aliphatic rings. The standard InChI is InChI=1S/C20H23N3O2/c1-22(2)19(16-9-7-15(14-24)8-10-16)11-21-20(25)23-12-17-5-3-4-6-18(17)13-23/h3-10,14,19H,11-13H2,1-2H3,(H,21,25). The lowest BCUT2D eigenvalue weighted by Crippen LogP contribution is -2.41. The molecule has 0 saturated heterocycles. The molecule has 0 spiro atoms. The summed E-state index contributed by atoms with van der Waals surface area (Å²) < 4.78 is 0. The predicted octanol–water partition coefficient (Wildman–Crippen LogP) is 2.83. The summed E-state index contributed by atoms with van der Waals surface area (Å²) in [5.74, 6) is 0. The fourth-order valence-corrected chi connectivity index (χ4v) is 3.17. The van der Waals surface area contributed by atoms with Gasteiger partial charge in [0.25, 0.3) is 0 Å². The number of nitrogens with one attached hydrogen (secondary N) is 1. The van der Waals surface area contributed by atoms with Crippen LogP contribution in [0.4, 0.5) is 4.79 Å². The van der Waals surface area contributed by atoms with E-state index in [-0.39, 0.29) is 12.1 Å². The molecule has 0 saturated carbocycles. The number of rotatable bonds is 5. The maximum absolute atomic E-state index is 12.5. The van der Waals surface area contributed by atoms with E-state index in [0.29, 0.717) is 25.2 Å².